The summed E-state index contributed by atoms with van der Waals surface area (Å²) in [6.07, 6.45) is 0. The van der Waals surface area contributed by atoms with Crippen LogP contribution >= 0.6 is 0 Å². The molecule has 0 bridgehead atoms. The molecule has 0 radical (unpaired) electrons. The van der Waals surface area contributed by atoms with Crippen molar-refractivity contribution in [3.05, 3.63) is 57.9 Å². The van der Waals surface area contributed by atoms with E-state index in [0.717, 1.165) is 5.56 Å². The first-order chi connectivity index (χ1) is 8.99. The number of carboxylic acids is 1. The summed E-state index contributed by atoms with van der Waals surface area (Å²) < 4.78 is 0. The first-order valence-corrected chi connectivity index (χ1v) is 6.06. The molecule has 1 heterocycles. The van der Waals surface area contributed by atoms with Gasteiger partial charge in [0.25, 0.3) is 5.56 Å². The Labute approximate surface area is 110 Å². The van der Waals surface area contributed by atoms with Crippen molar-refractivity contribution in [2.45, 2.75) is 19.8 Å². The number of hydrogen-bond acceptors (Lipinski definition) is 2. The lowest BCUT2D eigenvalue weighted by atomic mass is 10.0. The second-order valence-corrected chi connectivity index (χ2v) is 4.70. The second-order valence-electron chi connectivity index (χ2n) is 4.70. The molecule has 0 fully saturated rings. The molecule has 2 N–H and O–H groups in total. The fourth-order valence-electron chi connectivity index (χ4n) is 1.86. The minimum Gasteiger partial charge on any atom is -0.477 e. The minimum atomic E-state index is -1.22. The van der Waals surface area contributed by atoms with Crippen LogP contribution in [0.15, 0.2) is 41.2 Å². The van der Waals surface area contributed by atoms with E-state index in [4.69, 9.17) is 5.11 Å². The van der Waals surface area contributed by atoms with E-state index in [2.05, 4.69) is 18.8 Å². The average molecular weight is 257 g/mol. The van der Waals surface area contributed by atoms with Gasteiger partial charge in [-0.25, -0.2) is 4.79 Å². The smallest absolute Gasteiger partial charge is 0.341 e. The largest absolute Gasteiger partial charge is 0.477 e. The average Bonchev–Trinajstić information content (AvgIpc) is 2.38. The third kappa shape index (κ3) is 2.73. The van der Waals surface area contributed by atoms with E-state index < -0.39 is 11.5 Å². The molecular formula is C15H15NO3. The summed E-state index contributed by atoms with van der Waals surface area (Å²) in [6, 6.07) is 10.8. The van der Waals surface area contributed by atoms with E-state index in [-0.39, 0.29) is 5.56 Å². The van der Waals surface area contributed by atoms with Gasteiger partial charge in [0.05, 0.1) is 0 Å². The van der Waals surface area contributed by atoms with Crippen molar-refractivity contribution in [1.29, 1.82) is 0 Å². The molecular weight excluding hydrogens is 242 g/mol. The number of benzene rings is 1. The van der Waals surface area contributed by atoms with E-state index in [9.17, 15) is 9.59 Å². The molecule has 1 aromatic carbocycles. The Morgan fingerprint density at radius 1 is 1.11 bits per heavy atom. The van der Waals surface area contributed by atoms with Gasteiger partial charge in [0.15, 0.2) is 0 Å². The molecule has 0 aliphatic heterocycles. The third-order valence-electron chi connectivity index (χ3n) is 3.03. The number of carbonyl (C=O) groups is 1. The van der Waals surface area contributed by atoms with Crippen molar-refractivity contribution in [2.75, 3.05) is 0 Å². The standard InChI is InChI=1S/C15H15NO3/c1-9(2)10-3-5-11(6-4-10)13-8-7-12(15(18)19)14(17)16-13/h3-9H,1-2H3,(H,16,17)(H,18,19). The molecule has 2 aromatic rings. The Morgan fingerprint density at radius 3 is 2.21 bits per heavy atom. The maximum Gasteiger partial charge on any atom is 0.341 e. The molecule has 0 spiro atoms. The van der Waals surface area contributed by atoms with Gasteiger partial charge in [0, 0.05) is 5.69 Å². The highest BCUT2D eigenvalue weighted by Crippen LogP contribution is 2.20. The SMILES string of the molecule is CC(C)c1ccc(-c2ccc(C(=O)O)c(=O)[nH]2)cc1. The van der Waals surface area contributed by atoms with Gasteiger partial charge in [-0.2, -0.15) is 0 Å². The topological polar surface area (TPSA) is 70.2 Å². The Morgan fingerprint density at radius 2 is 1.74 bits per heavy atom. The van der Waals surface area contributed by atoms with E-state index in [1.165, 1.54) is 11.6 Å². The monoisotopic (exact) mass is 257 g/mol. The Balaban J connectivity index is 2.40. The first-order valence-electron chi connectivity index (χ1n) is 6.06. The fraction of sp³-hybridized carbons (Fsp3) is 0.200. The number of aromatic nitrogens is 1. The van der Waals surface area contributed by atoms with Crippen LogP contribution in [0.1, 0.15) is 35.7 Å². The lowest BCUT2D eigenvalue weighted by Crippen LogP contribution is -2.17. The van der Waals surface area contributed by atoms with Gasteiger partial charge in [-0.1, -0.05) is 38.1 Å². The molecule has 0 aliphatic rings. The lowest BCUT2D eigenvalue weighted by Gasteiger charge is -2.07. The van der Waals surface area contributed by atoms with Crippen molar-refractivity contribution < 1.29 is 9.90 Å². The summed E-state index contributed by atoms with van der Waals surface area (Å²) in [5, 5.41) is 8.80. The number of nitrogens with one attached hydrogen (secondary N) is 1. The van der Waals surface area contributed by atoms with Crippen LogP contribution in [0.25, 0.3) is 11.3 Å². The van der Waals surface area contributed by atoms with E-state index in [1.807, 2.05) is 24.3 Å². The van der Waals surface area contributed by atoms with Crippen LogP contribution in [0.3, 0.4) is 0 Å². The second kappa shape index (κ2) is 5.10. The Hall–Kier alpha value is -2.36. The minimum absolute atomic E-state index is 0.248. The van der Waals surface area contributed by atoms with Gasteiger partial charge < -0.3 is 10.1 Å². The molecule has 2 rings (SSSR count). The summed E-state index contributed by atoms with van der Waals surface area (Å²) in [5.41, 5.74) is 1.86. The van der Waals surface area contributed by atoms with Crippen LogP contribution in [0.4, 0.5) is 0 Å². The van der Waals surface area contributed by atoms with Crippen molar-refractivity contribution in [3.63, 3.8) is 0 Å². The van der Waals surface area contributed by atoms with Crippen molar-refractivity contribution in [2.24, 2.45) is 0 Å². The van der Waals surface area contributed by atoms with Crippen LogP contribution in [-0.4, -0.2) is 16.1 Å². The van der Waals surface area contributed by atoms with Crippen molar-refractivity contribution >= 4 is 5.97 Å². The number of H-pyrrole nitrogens is 1. The number of pyridine rings is 1. The summed E-state index contributed by atoms with van der Waals surface area (Å²) in [6.45, 7) is 4.22. The molecule has 0 aliphatic carbocycles. The fourth-order valence-corrected chi connectivity index (χ4v) is 1.86. The molecule has 19 heavy (non-hydrogen) atoms. The highest BCUT2D eigenvalue weighted by Gasteiger charge is 2.09. The predicted molar refractivity (Wildman–Crippen MR) is 73.5 cm³/mol. The number of carboxylic acid groups (broad SMARTS) is 1. The summed E-state index contributed by atoms with van der Waals surface area (Å²) in [5.74, 6) is -0.773. The van der Waals surface area contributed by atoms with Crippen LogP contribution in [0.5, 0.6) is 0 Å². The first kappa shape index (κ1) is 13.1. The highest BCUT2D eigenvalue weighted by atomic mass is 16.4. The number of aromatic amines is 1. The van der Waals surface area contributed by atoms with Crippen LogP contribution in [-0.2, 0) is 0 Å². The molecule has 98 valence electrons. The van der Waals surface area contributed by atoms with Gasteiger partial charge >= 0.3 is 5.97 Å². The molecule has 0 atom stereocenters. The number of aromatic carboxylic acids is 1. The van der Waals surface area contributed by atoms with Gasteiger partial charge in [0.1, 0.15) is 5.56 Å². The molecule has 0 saturated heterocycles. The summed E-state index contributed by atoms with van der Waals surface area (Å²) in [4.78, 5) is 24.9. The molecule has 4 heteroatoms. The zero-order chi connectivity index (χ0) is 14.0. The van der Waals surface area contributed by atoms with Crippen LogP contribution in [0.2, 0.25) is 0 Å². The molecule has 0 amide bonds. The maximum absolute atomic E-state index is 11.6. The van der Waals surface area contributed by atoms with Gasteiger partial charge in [-0.15, -0.1) is 0 Å². The Kier molecular flexibility index (Phi) is 3.51. The zero-order valence-corrected chi connectivity index (χ0v) is 10.8. The summed E-state index contributed by atoms with van der Waals surface area (Å²) >= 11 is 0. The molecule has 0 unspecified atom stereocenters. The maximum atomic E-state index is 11.6. The molecule has 0 saturated carbocycles. The van der Waals surface area contributed by atoms with Crippen molar-refractivity contribution in [3.8, 4) is 11.3 Å². The van der Waals surface area contributed by atoms with E-state index in [1.54, 1.807) is 6.07 Å². The van der Waals surface area contributed by atoms with Crippen molar-refractivity contribution in [1.82, 2.24) is 4.98 Å². The quantitative estimate of drug-likeness (QED) is 0.888. The normalized spacial score (nSPS) is 10.7. The van der Waals surface area contributed by atoms with Gasteiger partial charge in [-0.3, -0.25) is 4.79 Å². The third-order valence-corrected chi connectivity index (χ3v) is 3.03. The number of rotatable bonds is 3. The lowest BCUT2D eigenvalue weighted by molar-refractivity contribution is 0.0695. The Bertz CT molecular complexity index is 654. The zero-order valence-electron chi connectivity index (χ0n) is 10.8. The van der Waals surface area contributed by atoms with E-state index in [0.29, 0.717) is 11.6 Å². The molecule has 1 aromatic heterocycles. The predicted octanol–water partition coefficient (Wildman–Crippen LogP) is 2.86. The molecule has 4 nitrogen and oxygen atoms in total. The summed E-state index contributed by atoms with van der Waals surface area (Å²) in [7, 11) is 0. The van der Waals surface area contributed by atoms with E-state index >= 15 is 0 Å². The highest BCUT2D eigenvalue weighted by molar-refractivity contribution is 5.87. The number of hydrogen-bond donors (Lipinski definition) is 2. The van der Waals surface area contributed by atoms with Crippen LogP contribution in [0, 0.1) is 0 Å². The van der Waals surface area contributed by atoms with Gasteiger partial charge in [-0.05, 0) is 29.2 Å². The van der Waals surface area contributed by atoms with Gasteiger partial charge in [0.2, 0.25) is 0 Å². The van der Waals surface area contributed by atoms with Crippen LogP contribution < -0.4 is 5.56 Å².